The molecule has 2 heterocycles. The van der Waals surface area contributed by atoms with Crippen molar-refractivity contribution in [2.45, 2.75) is 63.4 Å². The Morgan fingerprint density at radius 1 is 1.15 bits per heavy atom. The molecule has 0 unspecified atom stereocenters. The zero-order valence-electron chi connectivity index (χ0n) is 20.6. The van der Waals surface area contributed by atoms with Crippen molar-refractivity contribution in [1.82, 2.24) is 10.2 Å². The van der Waals surface area contributed by atoms with E-state index in [2.05, 4.69) is 30.1 Å². The summed E-state index contributed by atoms with van der Waals surface area (Å²) in [6.07, 6.45) is 6.71. The summed E-state index contributed by atoms with van der Waals surface area (Å²) in [6, 6.07) is 15.0. The third-order valence-corrected chi connectivity index (χ3v) is 7.99. The Hall–Kier alpha value is -2.57. The minimum absolute atomic E-state index is 0.0543. The molecule has 0 aliphatic carbocycles. The van der Waals surface area contributed by atoms with Crippen LogP contribution in [0, 0.1) is 6.92 Å². The Morgan fingerprint density at radius 2 is 1.91 bits per heavy atom. The lowest BCUT2D eigenvalue weighted by atomic mass is 9.97. The van der Waals surface area contributed by atoms with E-state index in [1.54, 1.807) is 11.9 Å². The summed E-state index contributed by atoms with van der Waals surface area (Å²) >= 11 is 1.46. The molecule has 0 saturated carbocycles. The molecule has 2 aliphatic heterocycles. The van der Waals surface area contributed by atoms with Gasteiger partial charge in [0.2, 0.25) is 0 Å². The molecule has 2 amide bonds. The average Bonchev–Trinajstić information content (AvgIpc) is 2.81. The molecule has 34 heavy (non-hydrogen) atoms. The number of benzene rings is 2. The first-order chi connectivity index (χ1) is 16.3. The zero-order chi connectivity index (χ0) is 24.2. The van der Waals surface area contributed by atoms with Gasteiger partial charge in [0.25, 0.3) is 11.8 Å². The van der Waals surface area contributed by atoms with Crippen LogP contribution in [-0.2, 0) is 4.79 Å². The fourth-order valence-electron chi connectivity index (χ4n) is 4.93. The van der Waals surface area contributed by atoms with Crippen LogP contribution in [0.15, 0.2) is 52.3 Å². The van der Waals surface area contributed by atoms with E-state index in [1.807, 2.05) is 49.4 Å². The smallest absolute Gasteiger partial charge is 0.264 e. The van der Waals surface area contributed by atoms with E-state index < -0.39 is 0 Å². The van der Waals surface area contributed by atoms with E-state index >= 15 is 0 Å². The fourth-order valence-corrected chi connectivity index (χ4v) is 6.02. The molecule has 5 nitrogen and oxygen atoms in total. The van der Waals surface area contributed by atoms with Crippen molar-refractivity contribution in [3.8, 4) is 0 Å². The highest BCUT2D eigenvalue weighted by Gasteiger charge is 2.27. The van der Waals surface area contributed by atoms with Crippen molar-refractivity contribution in [2.75, 3.05) is 25.0 Å². The van der Waals surface area contributed by atoms with Crippen molar-refractivity contribution in [3.63, 3.8) is 0 Å². The number of amides is 2. The summed E-state index contributed by atoms with van der Waals surface area (Å²) in [5.74, 6) is -0.143. The van der Waals surface area contributed by atoms with Crippen LogP contribution in [0.1, 0.15) is 61.0 Å². The van der Waals surface area contributed by atoms with Crippen LogP contribution in [0.2, 0.25) is 0 Å². The summed E-state index contributed by atoms with van der Waals surface area (Å²) in [6.45, 7) is 8.31. The Kier molecular flexibility index (Phi) is 7.79. The molecule has 0 spiro atoms. The van der Waals surface area contributed by atoms with Gasteiger partial charge in [0, 0.05) is 42.7 Å². The number of piperidine rings is 1. The molecule has 1 saturated heterocycles. The normalized spacial score (nSPS) is 22.1. The van der Waals surface area contributed by atoms with Gasteiger partial charge < -0.3 is 10.2 Å². The minimum Gasteiger partial charge on any atom is -0.352 e. The highest BCUT2D eigenvalue weighted by Crippen LogP contribution is 2.42. The van der Waals surface area contributed by atoms with E-state index in [0.29, 0.717) is 29.1 Å². The molecule has 2 aromatic rings. The van der Waals surface area contributed by atoms with Gasteiger partial charge in [0.1, 0.15) is 0 Å². The maximum atomic E-state index is 13.0. The van der Waals surface area contributed by atoms with Crippen LogP contribution >= 0.6 is 11.8 Å². The molecule has 1 N–H and O–H groups in total. The van der Waals surface area contributed by atoms with Crippen LogP contribution in [0.3, 0.4) is 0 Å². The number of hydrogen-bond donors (Lipinski definition) is 1. The van der Waals surface area contributed by atoms with Gasteiger partial charge in [-0.15, -0.1) is 0 Å². The lowest BCUT2D eigenvalue weighted by Gasteiger charge is -2.39. The minimum atomic E-state index is -0.0884. The summed E-state index contributed by atoms with van der Waals surface area (Å²) < 4.78 is 0. The first kappa shape index (κ1) is 24.6. The Bertz CT molecular complexity index is 1090. The summed E-state index contributed by atoms with van der Waals surface area (Å²) in [4.78, 5) is 31.7. The summed E-state index contributed by atoms with van der Waals surface area (Å²) in [5.41, 5.74) is 3.54. The second kappa shape index (κ2) is 10.8. The van der Waals surface area contributed by atoms with Crippen molar-refractivity contribution in [2.24, 2.45) is 0 Å². The molecular formula is C28H35N3O2S. The standard InChI is InChI=1S/C28H35N3O2S/c1-19-8-5-11-22(16-19)17-26-28(33)30(4)24-18-23(12-13-25(24)34-26)27(32)29-14-7-15-31-20(2)9-6-10-21(31)3/h5,8,11-13,16-18,20-21H,6-7,9-10,14-15H2,1-4H3,(H,29,32)/b26-17+/t20-,21-/m0/s1. The summed E-state index contributed by atoms with van der Waals surface area (Å²) in [7, 11) is 1.77. The fraction of sp³-hybridized carbons (Fsp3) is 0.429. The lowest BCUT2D eigenvalue weighted by Crippen LogP contribution is -2.44. The van der Waals surface area contributed by atoms with E-state index in [-0.39, 0.29) is 11.8 Å². The molecule has 0 aromatic heterocycles. The van der Waals surface area contributed by atoms with Gasteiger partial charge in [-0.3, -0.25) is 14.5 Å². The van der Waals surface area contributed by atoms with Gasteiger partial charge in [-0.1, -0.05) is 48.0 Å². The Morgan fingerprint density at radius 3 is 2.65 bits per heavy atom. The zero-order valence-corrected chi connectivity index (χ0v) is 21.5. The molecule has 0 radical (unpaired) electrons. The number of hydrogen-bond acceptors (Lipinski definition) is 4. The molecule has 2 aromatic carbocycles. The van der Waals surface area contributed by atoms with Crippen molar-refractivity contribution < 1.29 is 9.59 Å². The monoisotopic (exact) mass is 477 g/mol. The summed E-state index contributed by atoms with van der Waals surface area (Å²) in [5, 5.41) is 3.06. The largest absolute Gasteiger partial charge is 0.352 e. The van der Waals surface area contributed by atoms with Crippen molar-refractivity contribution >= 4 is 35.3 Å². The van der Waals surface area contributed by atoms with E-state index in [9.17, 15) is 9.59 Å². The molecule has 2 atom stereocenters. The van der Waals surface area contributed by atoms with Gasteiger partial charge >= 0.3 is 0 Å². The Balaban J connectivity index is 1.38. The predicted octanol–water partition coefficient (Wildman–Crippen LogP) is 5.49. The number of carbonyl (C=O) groups is 2. The third kappa shape index (κ3) is 5.56. The van der Waals surface area contributed by atoms with Crippen molar-refractivity contribution in [3.05, 3.63) is 64.1 Å². The molecule has 6 heteroatoms. The number of nitrogens with zero attached hydrogens (tertiary/aromatic N) is 2. The van der Waals surface area contributed by atoms with Gasteiger partial charge in [0.05, 0.1) is 10.6 Å². The maximum Gasteiger partial charge on any atom is 0.264 e. The number of nitrogens with one attached hydrogen (secondary N) is 1. The molecule has 0 bridgehead atoms. The van der Waals surface area contributed by atoms with Gasteiger partial charge in [-0.2, -0.15) is 0 Å². The average molecular weight is 478 g/mol. The predicted molar refractivity (Wildman–Crippen MR) is 141 cm³/mol. The number of anilines is 1. The molecule has 180 valence electrons. The second-order valence-corrected chi connectivity index (χ2v) is 10.6. The Labute approximate surface area is 207 Å². The van der Waals surface area contributed by atoms with Gasteiger partial charge in [-0.05, 0) is 69.9 Å². The first-order valence-electron chi connectivity index (χ1n) is 12.3. The SMILES string of the molecule is Cc1cccc(/C=C2/Sc3ccc(C(=O)NCCCN4[C@@H](C)CCC[C@@H]4C)cc3N(C)C2=O)c1. The highest BCUT2D eigenvalue weighted by atomic mass is 32.2. The van der Waals surface area contributed by atoms with Crippen LogP contribution in [0.4, 0.5) is 5.69 Å². The molecule has 1 fully saturated rings. The van der Waals surface area contributed by atoms with Gasteiger partial charge in [0.15, 0.2) is 0 Å². The maximum absolute atomic E-state index is 13.0. The van der Waals surface area contributed by atoms with E-state index in [0.717, 1.165) is 34.7 Å². The molecule has 4 rings (SSSR count). The van der Waals surface area contributed by atoms with Crippen LogP contribution < -0.4 is 10.2 Å². The van der Waals surface area contributed by atoms with Crippen LogP contribution in [0.5, 0.6) is 0 Å². The van der Waals surface area contributed by atoms with Gasteiger partial charge in [-0.25, -0.2) is 0 Å². The van der Waals surface area contributed by atoms with E-state index in [1.165, 1.54) is 31.0 Å². The number of carbonyl (C=O) groups excluding carboxylic acids is 2. The third-order valence-electron chi connectivity index (χ3n) is 6.91. The molecule has 2 aliphatic rings. The second-order valence-electron chi connectivity index (χ2n) is 9.55. The quantitative estimate of drug-likeness (QED) is 0.442. The lowest BCUT2D eigenvalue weighted by molar-refractivity contribution is -0.114. The topological polar surface area (TPSA) is 52.7 Å². The number of thioether (sulfide) groups is 1. The number of aryl methyl sites for hydroxylation is 1. The van der Waals surface area contributed by atoms with Crippen molar-refractivity contribution in [1.29, 1.82) is 0 Å². The molecular weight excluding hydrogens is 442 g/mol. The number of fused-ring (bicyclic) bond motifs is 1. The number of likely N-dealkylation sites (tertiary alicyclic amines) is 1. The number of likely N-dealkylation sites (N-methyl/N-ethyl adjacent to an activating group) is 1. The van der Waals surface area contributed by atoms with Crippen LogP contribution in [-0.4, -0.2) is 48.9 Å². The van der Waals surface area contributed by atoms with Crippen LogP contribution in [0.25, 0.3) is 6.08 Å². The highest BCUT2D eigenvalue weighted by molar-refractivity contribution is 8.04. The first-order valence-corrected chi connectivity index (χ1v) is 13.1. The number of rotatable bonds is 6. The van der Waals surface area contributed by atoms with E-state index in [4.69, 9.17) is 0 Å².